The molecule has 0 aromatic heterocycles. The Hall–Kier alpha value is -1.22. The van der Waals surface area contributed by atoms with E-state index in [0.29, 0.717) is 6.42 Å². The third kappa shape index (κ3) is 4.22. The van der Waals surface area contributed by atoms with Crippen LogP contribution < -0.4 is 5.32 Å². The highest BCUT2D eigenvalue weighted by Crippen LogP contribution is 2.19. The van der Waals surface area contributed by atoms with Crippen LogP contribution >= 0.6 is 0 Å². The first-order chi connectivity index (χ1) is 8.34. The molecule has 0 bridgehead atoms. The van der Waals surface area contributed by atoms with Gasteiger partial charge < -0.3 is 5.32 Å². The van der Waals surface area contributed by atoms with Gasteiger partial charge in [0, 0.05) is 5.41 Å². The van der Waals surface area contributed by atoms with Gasteiger partial charge in [0.15, 0.2) is 5.78 Å². The third-order valence-corrected chi connectivity index (χ3v) is 2.86. The lowest BCUT2D eigenvalue weighted by molar-refractivity contribution is -0.128. The molecule has 0 unspecified atom stereocenters. The number of halogens is 1. The van der Waals surface area contributed by atoms with Crippen molar-refractivity contribution >= 4 is 5.78 Å². The van der Waals surface area contributed by atoms with Crippen LogP contribution in [0.3, 0.4) is 0 Å². The molecular formula is C15H22FNO. The second-order valence-electron chi connectivity index (χ2n) is 5.56. The molecule has 0 heterocycles. The van der Waals surface area contributed by atoms with E-state index in [-0.39, 0.29) is 23.1 Å². The lowest BCUT2D eigenvalue weighted by Gasteiger charge is -2.25. The van der Waals surface area contributed by atoms with Crippen LogP contribution in [0.5, 0.6) is 0 Å². The van der Waals surface area contributed by atoms with Gasteiger partial charge in [-0.25, -0.2) is 4.39 Å². The second kappa shape index (κ2) is 6.10. The molecule has 1 aromatic carbocycles. The zero-order valence-corrected chi connectivity index (χ0v) is 11.6. The Kier molecular flexibility index (Phi) is 5.03. The monoisotopic (exact) mass is 251 g/mol. The van der Waals surface area contributed by atoms with Crippen molar-refractivity contribution in [1.29, 1.82) is 0 Å². The van der Waals surface area contributed by atoms with Crippen molar-refractivity contribution in [3.63, 3.8) is 0 Å². The van der Waals surface area contributed by atoms with E-state index in [9.17, 15) is 9.18 Å². The van der Waals surface area contributed by atoms with E-state index >= 15 is 0 Å². The predicted octanol–water partition coefficient (Wildman–Crippen LogP) is 2.96. The van der Waals surface area contributed by atoms with Crippen LogP contribution in [0.4, 0.5) is 4.39 Å². The number of ketones is 1. The summed E-state index contributed by atoms with van der Waals surface area (Å²) in [6.07, 6.45) is 0.601. The molecular weight excluding hydrogens is 229 g/mol. The zero-order valence-electron chi connectivity index (χ0n) is 11.6. The van der Waals surface area contributed by atoms with Crippen LogP contribution in [0.2, 0.25) is 0 Å². The van der Waals surface area contributed by atoms with Crippen molar-refractivity contribution in [1.82, 2.24) is 5.32 Å². The van der Waals surface area contributed by atoms with Gasteiger partial charge in [0.25, 0.3) is 0 Å². The van der Waals surface area contributed by atoms with Crippen LogP contribution in [-0.2, 0) is 11.2 Å². The normalized spacial score (nSPS) is 13.4. The molecule has 0 spiro atoms. The highest BCUT2D eigenvalue weighted by Gasteiger charge is 2.28. The molecule has 0 aliphatic rings. The van der Waals surface area contributed by atoms with E-state index in [1.54, 1.807) is 12.1 Å². The maximum Gasteiger partial charge on any atom is 0.155 e. The number of nitrogens with one attached hydrogen (secondary N) is 1. The van der Waals surface area contributed by atoms with E-state index in [0.717, 1.165) is 12.1 Å². The highest BCUT2D eigenvalue weighted by molar-refractivity contribution is 5.89. The van der Waals surface area contributed by atoms with E-state index in [4.69, 9.17) is 0 Å². The first kappa shape index (κ1) is 14.8. The molecule has 1 aromatic rings. The Bertz CT molecular complexity index is 392. The SMILES string of the molecule is CCN[C@H](Cc1ccc(F)cc1)C(=O)C(C)(C)C. The quantitative estimate of drug-likeness (QED) is 0.871. The van der Waals surface area contributed by atoms with E-state index < -0.39 is 0 Å². The summed E-state index contributed by atoms with van der Waals surface area (Å²) in [7, 11) is 0. The highest BCUT2D eigenvalue weighted by atomic mass is 19.1. The van der Waals surface area contributed by atoms with Gasteiger partial charge in [-0.3, -0.25) is 4.79 Å². The van der Waals surface area contributed by atoms with Crippen molar-refractivity contribution in [3.8, 4) is 0 Å². The third-order valence-electron chi connectivity index (χ3n) is 2.86. The number of rotatable bonds is 5. The molecule has 0 aliphatic heterocycles. The number of hydrogen-bond donors (Lipinski definition) is 1. The topological polar surface area (TPSA) is 29.1 Å². The van der Waals surface area contributed by atoms with Crippen LogP contribution in [0.1, 0.15) is 33.3 Å². The summed E-state index contributed by atoms with van der Waals surface area (Å²) in [4.78, 5) is 12.3. The summed E-state index contributed by atoms with van der Waals surface area (Å²) in [5.74, 6) is -0.0606. The maximum absolute atomic E-state index is 12.8. The van der Waals surface area contributed by atoms with Gasteiger partial charge >= 0.3 is 0 Å². The molecule has 18 heavy (non-hydrogen) atoms. The molecule has 1 atom stereocenters. The van der Waals surface area contributed by atoms with Gasteiger partial charge in [-0.15, -0.1) is 0 Å². The summed E-state index contributed by atoms with van der Waals surface area (Å²) in [6, 6.07) is 6.12. The van der Waals surface area contributed by atoms with Crippen molar-refractivity contribution in [2.45, 2.75) is 40.2 Å². The van der Waals surface area contributed by atoms with Crippen molar-refractivity contribution in [3.05, 3.63) is 35.6 Å². The van der Waals surface area contributed by atoms with Crippen LogP contribution in [0.15, 0.2) is 24.3 Å². The molecule has 2 nitrogen and oxygen atoms in total. The van der Waals surface area contributed by atoms with Crippen molar-refractivity contribution in [2.24, 2.45) is 5.41 Å². The van der Waals surface area contributed by atoms with Gasteiger partial charge in [0.2, 0.25) is 0 Å². The second-order valence-corrected chi connectivity index (χ2v) is 5.56. The van der Waals surface area contributed by atoms with Gasteiger partial charge in [-0.2, -0.15) is 0 Å². The Labute approximate surface area is 109 Å². The Balaban J connectivity index is 2.80. The number of hydrogen-bond acceptors (Lipinski definition) is 2. The Morgan fingerprint density at radius 1 is 1.28 bits per heavy atom. The van der Waals surface area contributed by atoms with Gasteiger partial charge in [-0.05, 0) is 30.7 Å². The predicted molar refractivity (Wildman–Crippen MR) is 72.0 cm³/mol. The zero-order chi connectivity index (χ0) is 13.8. The molecule has 0 aliphatic carbocycles. The molecule has 0 fully saturated rings. The van der Waals surface area contributed by atoms with Crippen LogP contribution in [-0.4, -0.2) is 18.4 Å². The minimum Gasteiger partial charge on any atom is -0.307 e. The lowest BCUT2D eigenvalue weighted by atomic mass is 9.84. The first-order valence-electron chi connectivity index (χ1n) is 6.36. The van der Waals surface area contributed by atoms with Gasteiger partial charge in [-0.1, -0.05) is 39.8 Å². The largest absolute Gasteiger partial charge is 0.307 e. The lowest BCUT2D eigenvalue weighted by Crippen LogP contribution is -2.44. The summed E-state index contributed by atoms with van der Waals surface area (Å²) >= 11 is 0. The van der Waals surface area contributed by atoms with E-state index in [1.807, 2.05) is 27.7 Å². The Morgan fingerprint density at radius 3 is 2.28 bits per heavy atom. The number of Topliss-reactive ketones (excluding diaryl/α,β-unsaturated/α-hetero) is 1. The average molecular weight is 251 g/mol. The van der Waals surface area contributed by atoms with E-state index in [1.165, 1.54) is 12.1 Å². The number of carbonyl (C=O) groups is 1. The molecule has 1 rings (SSSR count). The minimum atomic E-state index is -0.368. The number of benzene rings is 1. The molecule has 100 valence electrons. The Morgan fingerprint density at radius 2 is 1.83 bits per heavy atom. The summed E-state index contributed by atoms with van der Waals surface area (Å²) in [6.45, 7) is 8.49. The van der Waals surface area contributed by atoms with Crippen LogP contribution in [0.25, 0.3) is 0 Å². The van der Waals surface area contributed by atoms with Gasteiger partial charge in [0.1, 0.15) is 5.82 Å². The first-order valence-corrected chi connectivity index (χ1v) is 6.36. The fraction of sp³-hybridized carbons (Fsp3) is 0.533. The molecule has 1 N–H and O–H groups in total. The molecule has 0 amide bonds. The fourth-order valence-electron chi connectivity index (χ4n) is 1.88. The molecule has 0 radical (unpaired) electrons. The summed E-state index contributed by atoms with van der Waals surface area (Å²) < 4.78 is 12.8. The standard InChI is InChI=1S/C15H22FNO/c1-5-17-13(14(18)15(2,3)4)10-11-6-8-12(16)9-7-11/h6-9,13,17H,5,10H2,1-4H3/t13-/m1/s1. The minimum absolute atomic E-state index is 0.189. The summed E-state index contributed by atoms with van der Waals surface area (Å²) in [5.41, 5.74) is 0.604. The number of carbonyl (C=O) groups excluding carboxylic acids is 1. The molecule has 0 saturated carbocycles. The molecule has 0 saturated heterocycles. The van der Waals surface area contributed by atoms with E-state index in [2.05, 4.69) is 5.32 Å². The average Bonchev–Trinajstić information content (AvgIpc) is 2.29. The van der Waals surface area contributed by atoms with Gasteiger partial charge in [0.05, 0.1) is 6.04 Å². The van der Waals surface area contributed by atoms with Crippen molar-refractivity contribution < 1.29 is 9.18 Å². The smallest absolute Gasteiger partial charge is 0.155 e. The van der Waals surface area contributed by atoms with Crippen molar-refractivity contribution in [2.75, 3.05) is 6.54 Å². The summed E-state index contributed by atoms with van der Waals surface area (Å²) in [5, 5.41) is 3.21. The number of likely N-dealkylation sites (N-methyl/N-ethyl adjacent to an activating group) is 1. The maximum atomic E-state index is 12.8. The van der Waals surface area contributed by atoms with Crippen LogP contribution in [0, 0.1) is 11.2 Å². The molecule has 3 heteroatoms. The fourth-order valence-corrected chi connectivity index (χ4v) is 1.88.